The number of aliphatic carboxylic acids is 1. The Morgan fingerprint density at radius 1 is 1.52 bits per heavy atom. The first-order valence-corrected chi connectivity index (χ1v) is 8.06. The highest BCUT2D eigenvalue weighted by atomic mass is 35.5. The van der Waals surface area contributed by atoms with E-state index in [-0.39, 0.29) is 5.75 Å². The number of thioether (sulfide) groups is 1. The lowest BCUT2D eigenvalue weighted by Gasteiger charge is -2.15. The van der Waals surface area contributed by atoms with E-state index in [1.54, 1.807) is 6.07 Å². The first kappa shape index (κ1) is 16.1. The molecule has 0 fully saturated rings. The van der Waals surface area contributed by atoms with Gasteiger partial charge in [0.05, 0.1) is 16.8 Å². The average Bonchev–Trinajstić information content (AvgIpc) is 2.79. The minimum Gasteiger partial charge on any atom is -0.481 e. The van der Waals surface area contributed by atoms with Crippen LogP contribution in [0.3, 0.4) is 0 Å². The van der Waals surface area contributed by atoms with E-state index in [0.717, 1.165) is 35.8 Å². The Bertz CT molecular complexity index is 644. The lowest BCUT2D eigenvalue weighted by atomic mass is 10.3. The third-order valence-corrected chi connectivity index (χ3v) is 4.44. The first-order chi connectivity index (χ1) is 10.0. The summed E-state index contributed by atoms with van der Waals surface area (Å²) in [5, 5.41) is 10.2. The maximum Gasteiger partial charge on any atom is 0.313 e. The van der Waals surface area contributed by atoms with Crippen molar-refractivity contribution >= 4 is 40.4 Å². The van der Waals surface area contributed by atoms with Crippen LogP contribution in [0.1, 0.15) is 6.92 Å². The summed E-state index contributed by atoms with van der Waals surface area (Å²) in [6.45, 7) is 4.69. The minimum absolute atomic E-state index is 0.000666. The summed E-state index contributed by atoms with van der Waals surface area (Å²) >= 11 is 7.30. The number of hydrogen-bond donors (Lipinski definition) is 1. The van der Waals surface area contributed by atoms with Crippen LogP contribution in [0.5, 0.6) is 0 Å². The van der Waals surface area contributed by atoms with Crippen LogP contribution in [0.2, 0.25) is 5.02 Å². The molecule has 21 heavy (non-hydrogen) atoms. The van der Waals surface area contributed by atoms with Crippen molar-refractivity contribution in [1.82, 2.24) is 14.5 Å². The number of likely N-dealkylation sites (N-methyl/N-ethyl adjacent to an activating group) is 1. The molecule has 0 aliphatic rings. The molecule has 0 radical (unpaired) electrons. The lowest BCUT2D eigenvalue weighted by Crippen LogP contribution is -2.23. The van der Waals surface area contributed by atoms with Gasteiger partial charge in [-0.15, -0.1) is 0 Å². The van der Waals surface area contributed by atoms with E-state index in [1.165, 1.54) is 11.8 Å². The van der Waals surface area contributed by atoms with Crippen LogP contribution >= 0.6 is 23.4 Å². The van der Waals surface area contributed by atoms with Crippen molar-refractivity contribution in [2.75, 3.05) is 25.9 Å². The molecule has 7 heteroatoms. The number of hydrogen-bond acceptors (Lipinski definition) is 4. The molecule has 0 atom stereocenters. The second-order valence-corrected chi connectivity index (χ2v) is 6.14. The van der Waals surface area contributed by atoms with Gasteiger partial charge in [-0.25, -0.2) is 4.98 Å². The van der Waals surface area contributed by atoms with Crippen LogP contribution < -0.4 is 0 Å². The molecule has 1 heterocycles. The van der Waals surface area contributed by atoms with Crippen molar-refractivity contribution in [1.29, 1.82) is 0 Å². The van der Waals surface area contributed by atoms with Crippen LogP contribution in [0, 0.1) is 0 Å². The van der Waals surface area contributed by atoms with Gasteiger partial charge in [0, 0.05) is 18.1 Å². The average molecular weight is 328 g/mol. The van der Waals surface area contributed by atoms with Gasteiger partial charge >= 0.3 is 5.97 Å². The van der Waals surface area contributed by atoms with Gasteiger partial charge in [0.1, 0.15) is 0 Å². The fourth-order valence-electron chi connectivity index (χ4n) is 1.96. The highest BCUT2D eigenvalue weighted by Gasteiger charge is 2.13. The number of aromatic nitrogens is 2. The summed E-state index contributed by atoms with van der Waals surface area (Å²) in [5.74, 6) is -0.844. The highest BCUT2D eigenvalue weighted by Crippen LogP contribution is 2.26. The number of carboxylic acid groups (broad SMARTS) is 1. The van der Waals surface area contributed by atoms with Crippen molar-refractivity contribution in [3.05, 3.63) is 23.2 Å². The third-order valence-electron chi connectivity index (χ3n) is 3.25. The lowest BCUT2D eigenvalue weighted by molar-refractivity contribution is -0.133. The number of benzene rings is 1. The fraction of sp³-hybridized carbons (Fsp3) is 0.429. The maximum atomic E-state index is 10.8. The summed E-state index contributed by atoms with van der Waals surface area (Å²) < 4.78 is 2.04. The number of carbonyl (C=O) groups is 1. The second-order valence-electron chi connectivity index (χ2n) is 4.76. The van der Waals surface area contributed by atoms with Crippen LogP contribution in [-0.4, -0.2) is 51.4 Å². The summed E-state index contributed by atoms with van der Waals surface area (Å²) in [6.07, 6.45) is 0. The standard InChI is InChI=1S/C14H18ClN3O2S/c1-3-17(2)6-7-18-12-8-10(15)4-5-11(12)16-14(18)21-9-13(19)20/h4-5,8H,3,6-7,9H2,1-2H3,(H,19,20). The SMILES string of the molecule is CCN(C)CCn1c(SCC(=O)O)nc2ccc(Cl)cc21. The number of halogens is 1. The molecular formula is C14H18ClN3O2S. The molecule has 0 aliphatic heterocycles. The zero-order chi connectivity index (χ0) is 15.4. The molecule has 1 N–H and O–H groups in total. The molecule has 0 aliphatic carbocycles. The van der Waals surface area contributed by atoms with Crippen molar-refractivity contribution < 1.29 is 9.90 Å². The van der Waals surface area contributed by atoms with Crippen LogP contribution in [0.25, 0.3) is 11.0 Å². The Balaban J connectivity index is 2.33. The number of nitrogens with zero attached hydrogens (tertiary/aromatic N) is 3. The summed E-state index contributed by atoms with van der Waals surface area (Å²) in [5.41, 5.74) is 1.78. The Kier molecular flexibility index (Phi) is 5.50. The quantitative estimate of drug-likeness (QED) is 0.792. The van der Waals surface area contributed by atoms with Gasteiger partial charge in [-0.2, -0.15) is 0 Å². The van der Waals surface area contributed by atoms with Gasteiger partial charge in [-0.3, -0.25) is 4.79 Å². The van der Waals surface area contributed by atoms with Crippen molar-refractivity contribution in [2.24, 2.45) is 0 Å². The smallest absolute Gasteiger partial charge is 0.313 e. The van der Waals surface area contributed by atoms with Gasteiger partial charge in [-0.1, -0.05) is 30.3 Å². The third kappa shape index (κ3) is 4.12. The van der Waals surface area contributed by atoms with Crippen LogP contribution in [0.15, 0.2) is 23.4 Å². The molecule has 0 amide bonds. The molecule has 0 saturated heterocycles. The van der Waals surface area contributed by atoms with Crippen molar-refractivity contribution in [3.8, 4) is 0 Å². The van der Waals surface area contributed by atoms with Crippen molar-refractivity contribution in [2.45, 2.75) is 18.6 Å². The Morgan fingerprint density at radius 2 is 2.29 bits per heavy atom. The Labute approximate surface area is 132 Å². The molecule has 114 valence electrons. The Morgan fingerprint density at radius 3 is 2.95 bits per heavy atom. The molecule has 1 aromatic carbocycles. The van der Waals surface area contributed by atoms with Gasteiger partial charge in [0.2, 0.25) is 0 Å². The molecule has 0 spiro atoms. The first-order valence-electron chi connectivity index (χ1n) is 6.70. The van der Waals surface area contributed by atoms with Crippen molar-refractivity contribution in [3.63, 3.8) is 0 Å². The van der Waals surface area contributed by atoms with E-state index in [1.807, 2.05) is 16.7 Å². The molecule has 0 saturated carbocycles. The number of fused-ring (bicyclic) bond motifs is 1. The second kappa shape index (κ2) is 7.15. The summed E-state index contributed by atoms with van der Waals surface area (Å²) in [4.78, 5) is 17.5. The number of carboxylic acids is 1. The zero-order valence-electron chi connectivity index (χ0n) is 12.0. The van der Waals surface area contributed by atoms with E-state index in [2.05, 4.69) is 23.9 Å². The largest absolute Gasteiger partial charge is 0.481 e. The molecular weight excluding hydrogens is 310 g/mol. The zero-order valence-corrected chi connectivity index (χ0v) is 13.6. The van der Waals surface area contributed by atoms with E-state index < -0.39 is 5.97 Å². The highest BCUT2D eigenvalue weighted by molar-refractivity contribution is 7.99. The number of imidazole rings is 1. The molecule has 0 unspecified atom stereocenters. The molecule has 2 rings (SSSR count). The number of rotatable bonds is 7. The minimum atomic E-state index is -0.845. The van der Waals surface area contributed by atoms with Gasteiger partial charge in [0.25, 0.3) is 0 Å². The van der Waals surface area contributed by atoms with E-state index >= 15 is 0 Å². The predicted octanol–water partition coefficient (Wildman–Crippen LogP) is 2.82. The fourth-order valence-corrected chi connectivity index (χ4v) is 2.88. The normalized spacial score (nSPS) is 11.4. The summed E-state index contributed by atoms with van der Waals surface area (Å²) in [7, 11) is 2.05. The molecule has 2 aromatic rings. The molecule has 5 nitrogen and oxygen atoms in total. The van der Waals surface area contributed by atoms with E-state index in [0.29, 0.717) is 5.02 Å². The predicted molar refractivity (Wildman–Crippen MR) is 86.3 cm³/mol. The topological polar surface area (TPSA) is 58.4 Å². The van der Waals surface area contributed by atoms with E-state index in [4.69, 9.17) is 16.7 Å². The molecule has 0 bridgehead atoms. The van der Waals surface area contributed by atoms with Gasteiger partial charge < -0.3 is 14.6 Å². The monoisotopic (exact) mass is 327 g/mol. The van der Waals surface area contributed by atoms with Crippen LogP contribution in [-0.2, 0) is 11.3 Å². The Hall–Kier alpha value is -1.24. The molecule has 1 aromatic heterocycles. The van der Waals surface area contributed by atoms with Gasteiger partial charge in [-0.05, 0) is 31.8 Å². The maximum absolute atomic E-state index is 10.8. The van der Waals surface area contributed by atoms with Gasteiger partial charge in [0.15, 0.2) is 5.16 Å². The van der Waals surface area contributed by atoms with Crippen LogP contribution in [0.4, 0.5) is 0 Å². The summed E-state index contributed by atoms with van der Waals surface area (Å²) in [6, 6.07) is 5.54. The van der Waals surface area contributed by atoms with E-state index in [9.17, 15) is 4.79 Å².